The molecule has 3 fully saturated rings. The number of carbonyl (C=O) groups excluding carboxylic acids is 1. The molecule has 37 heavy (non-hydrogen) atoms. The molecule has 4 aliphatic rings. The van der Waals surface area contributed by atoms with Gasteiger partial charge in [-0.2, -0.15) is 0 Å². The van der Waals surface area contributed by atoms with Gasteiger partial charge in [0.05, 0.1) is 12.8 Å². The molecule has 2 atom stereocenters. The fourth-order valence-corrected chi connectivity index (χ4v) is 7.56. The highest BCUT2D eigenvalue weighted by molar-refractivity contribution is 5.96. The van der Waals surface area contributed by atoms with Gasteiger partial charge in [0.25, 0.3) is 0 Å². The Balaban J connectivity index is 1.60. The van der Waals surface area contributed by atoms with Crippen LogP contribution in [0.25, 0.3) is 0 Å². The van der Waals surface area contributed by atoms with E-state index in [9.17, 15) is 4.79 Å². The zero-order valence-electron chi connectivity index (χ0n) is 22.1. The maximum absolute atomic E-state index is 12.7. The second kappa shape index (κ2) is 9.62. The topological polar surface area (TPSA) is 44.8 Å². The third-order valence-electron chi connectivity index (χ3n) is 9.22. The highest BCUT2D eigenvalue weighted by Gasteiger charge is 2.58. The van der Waals surface area contributed by atoms with E-state index in [1.54, 1.807) is 7.11 Å². The number of anilines is 1. The monoisotopic (exact) mass is 495 g/mol. The fraction of sp³-hybridized carbons (Fsp3) is 0.406. The van der Waals surface area contributed by atoms with Crippen molar-refractivity contribution in [2.24, 2.45) is 5.92 Å². The molecular weight excluding hydrogens is 458 g/mol. The van der Waals surface area contributed by atoms with Crippen LogP contribution in [-0.4, -0.2) is 50.8 Å². The third kappa shape index (κ3) is 3.79. The Morgan fingerprint density at radius 1 is 0.946 bits per heavy atom. The van der Waals surface area contributed by atoms with Crippen molar-refractivity contribution in [3.8, 4) is 5.75 Å². The second-order valence-corrected chi connectivity index (χ2v) is 10.8. The normalized spacial score (nSPS) is 26.9. The van der Waals surface area contributed by atoms with Crippen LogP contribution in [0.5, 0.6) is 5.75 Å². The molecule has 4 heterocycles. The minimum Gasteiger partial charge on any atom is -0.496 e. The van der Waals surface area contributed by atoms with Crippen molar-refractivity contribution in [1.82, 2.24) is 10.2 Å². The van der Waals surface area contributed by atoms with Crippen molar-refractivity contribution in [1.29, 1.82) is 0 Å². The van der Waals surface area contributed by atoms with Crippen molar-refractivity contribution in [2.75, 3.05) is 39.2 Å². The maximum Gasteiger partial charge on any atom is 0.227 e. The van der Waals surface area contributed by atoms with E-state index in [0.717, 1.165) is 30.9 Å². The van der Waals surface area contributed by atoms with Gasteiger partial charge in [-0.25, -0.2) is 0 Å². The summed E-state index contributed by atoms with van der Waals surface area (Å²) in [5.41, 5.74) is 5.71. The number of piperidine rings is 3. The molecule has 3 aromatic rings. The predicted molar refractivity (Wildman–Crippen MR) is 148 cm³/mol. The van der Waals surface area contributed by atoms with Crippen LogP contribution in [0.4, 0.5) is 5.69 Å². The zero-order valence-corrected chi connectivity index (χ0v) is 22.1. The number of aryl methyl sites for hydroxylation is 1. The lowest BCUT2D eigenvalue weighted by atomic mass is 9.60. The van der Waals surface area contributed by atoms with Crippen LogP contribution in [-0.2, 0) is 11.2 Å². The number of nitrogens with zero attached hydrogens (tertiary/aromatic N) is 2. The molecule has 0 radical (unpaired) electrons. The molecule has 3 aromatic carbocycles. The molecule has 3 saturated heterocycles. The van der Waals surface area contributed by atoms with Gasteiger partial charge in [-0.15, -0.1) is 0 Å². The van der Waals surface area contributed by atoms with Gasteiger partial charge in [0.2, 0.25) is 5.91 Å². The van der Waals surface area contributed by atoms with Gasteiger partial charge < -0.3 is 15.0 Å². The van der Waals surface area contributed by atoms with Crippen LogP contribution in [0, 0.1) is 5.92 Å². The Kier molecular flexibility index (Phi) is 6.29. The first kappa shape index (κ1) is 24.2. The zero-order chi connectivity index (χ0) is 25.6. The van der Waals surface area contributed by atoms with E-state index in [1.807, 2.05) is 11.9 Å². The lowest BCUT2D eigenvalue weighted by Crippen LogP contribution is -2.71. The Hall–Kier alpha value is -3.15. The van der Waals surface area contributed by atoms with Crippen molar-refractivity contribution < 1.29 is 9.53 Å². The number of fused-ring (bicyclic) bond motifs is 4. The van der Waals surface area contributed by atoms with Crippen molar-refractivity contribution in [3.63, 3.8) is 0 Å². The molecule has 2 bridgehead atoms. The number of carbonyl (C=O) groups is 1. The van der Waals surface area contributed by atoms with Crippen molar-refractivity contribution in [2.45, 2.75) is 43.2 Å². The molecule has 5 heteroatoms. The number of ether oxygens (including phenoxy) is 1. The second-order valence-electron chi connectivity index (χ2n) is 10.8. The van der Waals surface area contributed by atoms with Crippen LogP contribution in [0.2, 0.25) is 0 Å². The van der Waals surface area contributed by atoms with E-state index < -0.39 is 0 Å². The first-order valence-electron chi connectivity index (χ1n) is 13.6. The average molecular weight is 496 g/mol. The summed E-state index contributed by atoms with van der Waals surface area (Å²) in [6.07, 6.45) is 3.65. The molecule has 0 aromatic heterocycles. The highest BCUT2D eigenvalue weighted by atomic mass is 16.5. The summed E-state index contributed by atoms with van der Waals surface area (Å²) in [6.45, 7) is 2.15. The largest absolute Gasteiger partial charge is 0.496 e. The lowest BCUT2D eigenvalue weighted by Gasteiger charge is -2.62. The van der Waals surface area contributed by atoms with Crippen molar-refractivity contribution in [3.05, 3.63) is 95.1 Å². The highest BCUT2D eigenvalue weighted by Crippen LogP contribution is 2.57. The molecule has 0 saturated carbocycles. The summed E-state index contributed by atoms with van der Waals surface area (Å²) in [7, 11) is 5.83. The Labute approximate surface area is 220 Å². The molecule has 5 nitrogen and oxygen atoms in total. The number of hydrogen-bond acceptors (Lipinski definition) is 4. The van der Waals surface area contributed by atoms with Crippen LogP contribution >= 0.6 is 0 Å². The SMILES string of the molecule is CN[C@@]1(C(c2ccccc2)c2ccccc2)[C@H](c2cc3c(cc2OC)CCC(=O)N3C)C2CCN1CC2. The first-order valence-corrected chi connectivity index (χ1v) is 13.6. The van der Waals surface area contributed by atoms with Gasteiger partial charge in [0.15, 0.2) is 0 Å². The van der Waals surface area contributed by atoms with Crippen LogP contribution in [0.1, 0.15) is 53.4 Å². The molecule has 7 rings (SSSR count). The van der Waals surface area contributed by atoms with E-state index in [-0.39, 0.29) is 23.4 Å². The fourth-order valence-electron chi connectivity index (χ4n) is 7.56. The molecule has 1 N–H and O–H groups in total. The van der Waals surface area contributed by atoms with Crippen LogP contribution in [0.15, 0.2) is 72.8 Å². The number of hydrogen-bond donors (Lipinski definition) is 1. The molecule has 0 unspecified atom stereocenters. The standard InChI is InChI=1S/C32H37N3O2/c1-33-32(30(22-10-6-4-7-11-22)23-12-8-5-9-13-23)31(24-16-18-35(32)19-17-24)26-21-27-25(20-28(26)37-3)14-15-29(36)34(27)2/h4-13,20-21,24,30-31,33H,14-19H2,1-3H3/t31-,32+/m0/s1. The van der Waals surface area contributed by atoms with Crippen LogP contribution in [0.3, 0.4) is 0 Å². The van der Waals surface area contributed by atoms with Gasteiger partial charge in [0.1, 0.15) is 5.75 Å². The average Bonchev–Trinajstić information content (AvgIpc) is 2.96. The smallest absolute Gasteiger partial charge is 0.227 e. The van der Waals surface area contributed by atoms with Crippen molar-refractivity contribution >= 4 is 11.6 Å². The quantitative estimate of drug-likeness (QED) is 0.513. The molecule has 1 amide bonds. The van der Waals surface area contributed by atoms with E-state index in [2.05, 4.69) is 90.1 Å². The Morgan fingerprint density at radius 2 is 1.57 bits per heavy atom. The third-order valence-corrected chi connectivity index (χ3v) is 9.22. The first-order chi connectivity index (χ1) is 18.1. The maximum atomic E-state index is 12.7. The summed E-state index contributed by atoms with van der Waals surface area (Å²) in [6, 6.07) is 26.4. The minimum absolute atomic E-state index is 0.119. The van der Waals surface area contributed by atoms with E-state index >= 15 is 0 Å². The number of methoxy groups -OCH3 is 1. The summed E-state index contributed by atoms with van der Waals surface area (Å²) in [5.74, 6) is 1.96. The molecular formula is C32H37N3O2. The number of benzene rings is 3. The summed E-state index contributed by atoms with van der Waals surface area (Å²) in [5, 5.41) is 3.94. The summed E-state index contributed by atoms with van der Waals surface area (Å²) >= 11 is 0. The van der Waals surface area contributed by atoms with Gasteiger partial charge >= 0.3 is 0 Å². The molecule has 4 aliphatic heterocycles. The summed E-state index contributed by atoms with van der Waals surface area (Å²) in [4.78, 5) is 17.2. The lowest BCUT2D eigenvalue weighted by molar-refractivity contribution is -0.118. The van der Waals surface area contributed by atoms with Gasteiger partial charge in [-0.05, 0) is 61.1 Å². The van der Waals surface area contributed by atoms with Gasteiger partial charge in [0, 0.05) is 49.6 Å². The summed E-state index contributed by atoms with van der Waals surface area (Å²) < 4.78 is 6.11. The van der Waals surface area contributed by atoms with Gasteiger partial charge in [-0.1, -0.05) is 60.7 Å². The Morgan fingerprint density at radius 3 is 2.14 bits per heavy atom. The molecule has 192 valence electrons. The molecule has 0 spiro atoms. The number of amides is 1. The van der Waals surface area contributed by atoms with Gasteiger partial charge in [-0.3, -0.25) is 9.69 Å². The molecule has 0 aliphatic carbocycles. The van der Waals surface area contributed by atoms with Crippen LogP contribution < -0.4 is 15.0 Å². The Bertz CT molecular complexity index is 1230. The number of likely N-dealkylation sites (N-methyl/N-ethyl adjacent to an activating group) is 1. The minimum atomic E-state index is -0.345. The predicted octanol–water partition coefficient (Wildman–Crippen LogP) is 5.16. The number of rotatable bonds is 6. The van der Waals surface area contributed by atoms with E-state index in [1.165, 1.54) is 35.1 Å². The van der Waals surface area contributed by atoms with E-state index in [4.69, 9.17) is 4.74 Å². The van der Waals surface area contributed by atoms with E-state index in [0.29, 0.717) is 12.3 Å². The number of nitrogens with one attached hydrogen (secondary N) is 1.